The van der Waals surface area contributed by atoms with Crippen LogP contribution < -0.4 is 4.90 Å². The van der Waals surface area contributed by atoms with Gasteiger partial charge in [0.15, 0.2) is 11.5 Å². The minimum absolute atomic E-state index is 0.798. The standard InChI is InChI=1S/C16H17N5/c1-12-17-18-15-8-9-16(19-21(12)15)20-10-4-7-13-5-2-3-6-14(13)11-20/h2-3,5-6,8-9H,4,7,10-11H2,1H3. The number of hydrogen-bond donors (Lipinski definition) is 0. The van der Waals surface area contributed by atoms with Crippen molar-refractivity contribution in [3.63, 3.8) is 0 Å². The van der Waals surface area contributed by atoms with E-state index in [1.165, 1.54) is 11.1 Å². The maximum absolute atomic E-state index is 4.69. The molecule has 0 bridgehead atoms. The smallest absolute Gasteiger partial charge is 0.178 e. The number of fused-ring (bicyclic) bond motifs is 2. The van der Waals surface area contributed by atoms with Gasteiger partial charge in [-0.3, -0.25) is 0 Å². The molecular formula is C16H17N5. The summed E-state index contributed by atoms with van der Waals surface area (Å²) in [6.45, 7) is 3.86. The lowest BCUT2D eigenvalue weighted by Crippen LogP contribution is -2.24. The van der Waals surface area contributed by atoms with Gasteiger partial charge < -0.3 is 4.90 Å². The summed E-state index contributed by atoms with van der Waals surface area (Å²) in [6, 6.07) is 12.7. The normalized spacial score (nSPS) is 15.0. The molecule has 106 valence electrons. The maximum atomic E-state index is 4.69. The Labute approximate surface area is 123 Å². The zero-order valence-electron chi connectivity index (χ0n) is 12.0. The minimum atomic E-state index is 0.798. The van der Waals surface area contributed by atoms with Crippen molar-refractivity contribution >= 4 is 11.5 Å². The van der Waals surface area contributed by atoms with Gasteiger partial charge in [0.25, 0.3) is 0 Å². The molecule has 1 aliphatic heterocycles. The predicted molar refractivity (Wildman–Crippen MR) is 81.3 cm³/mol. The zero-order chi connectivity index (χ0) is 14.2. The van der Waals surface area contributed by atoms with Crippen LogP contribution in [0.5, 0.6) is 0 Å². The Morgan fingerprint density at radius 1 is 1.00 bits per heavy atom. The molecule has 0 saturated carbocycles. The molecule has 0 amide bonds. The molecule has 0 unspecified atom stereocenters. The van der Waals surface area contributed by atoms with Crippen LogP contribution in [0.1, 0.15) is 23.4 Å². The quantitative estimate of drug-likeness (QED) is 0.686. The summed E-state index contributed by atoms with van der Waals surface area (Å²) in [5, 5.41) is 12.8. The summed E-state index contributed by atoms with van der Waals surface area (Å²) in [7, 11) is 0. The fourth-order valence-corrected chi connectivity index (χ4v) is 2.95. The summed E-state index contributed by atoms with van der Waals surface area (Å²) in [5.74, 6) is 1.81. The van der Waals surface area contributed by atoms with Crippen LogP contribution in [0.2, 0.25) is 0 Å². The second kappa shape index (κ2) is 4.84. The molecule has 3 heterocycles. The number of aromatic nitrogens is 4. The number of nitrogens with zero attached hydrogens (tertiary/aromatic N) is 5. The summed E-state index contributed by atoms with van der Waals surface area (Å²) >= 11 is 0. The molecule has 0 spiro atoms. The van der Waals surface area contributed by atoms with Crippen molar-refractivity contribution in [2.24, 2.45) is 0 Å². The van der Waals surface area contributed by atoms with Crippen molar-refractivity contribution in [3.05, 3.63) is 53.3 Å². The molecule has 0 aliphatic carbocycles. The molecule has 3 aromatic rings. The average molecular weight is 279 g/mol. The van der Waals surface area contributed by atoms with Crippen LogP contribution in [0.4, 0.5) is 5.82 Å². The molecule has 0 radical (unpaired) electrons. The molecule has 1 aliphatic rings. The van der Waals surface area contributed by atoms with E-state index >= 15 is 0 Å². The number of rotatable bonds is 1. The van der Waals surface area contributed by atoms with E-state index in [1.54, 1.807) is 0 Å². The third-order valence-electron chi connectivity index (χ3n) is 4.08. The van der Waals surface area contributed by atoms with Crippen LogP contribution in [-0.2, 0) is 13.0 Å². The van der Waals surface area contributed by atoms with Gasteiger partial charge in [0, 0.05) is 13.1 Å². The van der Waals surface area contributed by atoms with Gasteiger partial charge in [-0.2, -0.15) is 4.52 Å². The van der Waals surface area contributed by atoms with E-state index in [9.17, 15) is 0 Å². The van der Waals surface area contributed by atoms with Gasteiger partial charge in [-0.15, -0.1) is 15.3 Å². The van der Waals surface area contributed by atoms with E-state index in [2.05, 4.69) is 39.4 Å². The van der Waals surface area contributed by atoms with Crippen molar-refractivity contribution < 1.29 is 0 Å². The summed E-state index contributed by atoms with van der Waals surface area (Å²) < 4.78 is 1.81. The Balaban J connectivity index is 1.73. The van der Waals surface area contributed by atoms with E-state index < -0.39 is 0 Å². The maximum Gasteiger partial charge on any atom is 0.178 e. The first-order valence-corrected chi connectivity index (χ1v) is 7.32. The van der Waals surface area contributed by atoms with E-state index in [-0.39, 0.29) is 0 Å². The van der Waals surface area contributed by atoms with E-state index in [1.807, 2.05) is 23.6 Å². The van der Waals surface area contributed by atoms with Gasteiger partial charge in [0.05, 0.1) is 0 Å². The first-order chi connectivity index (χ1) is 10.3. The summed E-state index contributed by atoms with van der Waals surface area (Å²) in [4.78, 5) is 2.34. The Kier molecular flexibility index (Phi) is 2.84. The number of aryl methyl sites for hydroxylation is 2. The van der Waals surface area contributed by atoms with Crippen molar-refractivity contribution in [1.82, 2.24) is 19.8 Å². The topological polar surface area (TPSA) is 46.3 Å². The van der Waals surface area contributed by atoms with Gasteiger partial charge in [0.2, 0.25) is 0 Å². The van der Waals surface area contributed by atoms with Crippen molar-refractivity contribution in [1.29, 1.82) is 0 Å². The van der Waals surface area contributed by atoms with Crippen LogP contribution >= 0.6 is 0 Å². The van der Waals surface area contributed by atoms with Gasteiger partial charge >= 0.3 is 0 Å². The second-order valence-electron chi connectivity index (χ2n) is 5.50. The molecule has 0 N–H and O–H groups in total. The number of benzene rings is 1. The highest BCUT2D eigenvalue weighted by atomic mass is 15.4. The molecule has 21 heavy (non-hydrogen) atoms. The van der Waals surface area contributed by atoms with E-state index in [4.69, 9.17) is 5.10 Å². The fraction of sp³-hybridized carbons (Fsp3) is 0.312. The van der Waals surface area contributed by atoms with Crippen molar-refractivity contribution in [2.75, 3.05) is 11.4 Å². The van der Waals surface area contributed by atoms with Gasteiger partial charge in [-0.25, -0.2) is 0 Å². The molecule has 1 aromatic carbocycles. The highest BCUT2D eigenvalue weighted by Crippen LogP contribution is 2.22. The van der Waals surface area contributed by atoms with Crippen LogP contribution in [0.25, 0.3) is 5.65 Å². The second-order valence-corrected chi connectivity index (χ2v) is 5.50. The molecule has 5 heteroatoms. The highest BCUT2D eigenvalue weighted by Gasteiger charge is 2.16. The van der Waals surface area contributed by atoms with Gasteiger partial charge in [-0.05, 0) is 43.0 Å². The SMILES string of the molecule is Cc1nnc2ccc(N3CCCc4ccccc4C3)nn12. The third kappa shape index (κ3) is 2.14. The summed E-state index contributed by atoms with van der Waals surface area (Å²) in [5.41, 5.74) is 3.66. The van der Waals surface area contributed by atoms with Crippen LogP contribution in [-0.4, -0.2) is 26.4 Å². The zero-order valence-corrected chi connectivity index (χ0v) is 12.0. The third-order valence-corrected chi connectivity index (χ3v) is 4.08. The average Bonchev–Trinajstić information content (AvgIpc) is 2.76. The Bertz CT molecular complexity index is 792. The van der Waals surface area contributed by atoms with Crippen molar-refractivity contribution in [2.45, 2.75) is 26.3 Å². The molecular weight excluding hydrogens is 262 g/mol. The minimum Gasteiger partial charge on any atom is -0.351 e. The van der Waals surface area contributed by atoms with Crippen LogP contribution in [0.3, 0.4) is 0 Å². The highest BCUT2D eigenvalue weighted by molar-refractivity contribution is 5.47. The Morgan fingerprint density at radius 3 is 2.76 bits per heavy atom. The van der Waals surface area contributed by atoms with Gasteiger partial charge in [0.1, 0.15) is 5.82 Å². The monoisotopic (exact) mass is 279 g/mol. The molecule has 0 saturated heterocycles. The first kappa shape index (κ1) is 12.3. The Hall–Kier alpha value is -2.43. The van der Waals surface area contributed by atoms with E-state index in [0.29, 0.717) is 0 Å². The molecule has 0 atom stereocenters. The lowest BCUT2D eigenvalue weighted by molar-refractivity contribution is 0.734. The lowest BCUT2D eigenvalue weighted by Gasteiger charge is -2.21. The van der Waals surface area contributed by atoms with E-state index in [0.717, 1.165) is 43.2 Å². The van der Waals surface area contributed by atoms with Crippen LogP contribution in [0.15, 0.2) is 36.4 Å². The molecule has 5 nitrogen and oxygen atoms in total. The predicted octanol–water partition coefficient (Wildman–Crippen LogP) is 2.39. The lowest BCUT2D eigenvalue weighted by atomic mass is 10.0. The number of anilines is 1. The Morgan fingerprint density at radius 2 is 1.86 bits per heavy atom. The number of hydrogen-bond acceptors (Lipinski definition) is 4. The first-order valence-electron chi connectivity index (χ1n) is 7.32. The molecule has 0 fully saturated rings. The van der Waals surface area contributed by atoms with Gasteiger partial charge in [-0.1, -0.05) is 24.3 Å². The fourth-order valence-electron chi connectivity index (χ4n) is 2.95. The van der Waals surface area contributed by atoms with Crippen LogP contribution in [0, 0.1) is 6.92 Å². The largest absolute Gasteiger partial charge is 0.351 e. The molecule has 4 rings (SSSR count). The molecule has 2 aromatic heterocycles. The summed E-state index contributed by atoms with van der Waals surface area (Å²) in [6.07, 6.45) is 2.29. The van der Waals surface area contributed by atoms with Crippen molar-refractivity contribution in [3.8, 4) is 0 Å².